The van der Waals surface area contributed by atoms with Gasteiger partial charge in [-0.3, -0.25) is 9.78 Å². The third-order valence-electron chi connectivity index (χ3n) is 5.96. The Morgan fingerprint density at radius 1 is 1.13 bits per heavy atom. The van der Waals surface area contributed by atoms with Crippen molar-refractivity contribution in [1.82, 2.24) is 29.5 Å². The lowest BCUT2D eigenvalue weighted by atomic mass is 10.1. The number of fused-ring (bicyclic) bond motifs is 2. The molecule has 0 radical (unpaired) electrons. The van der Waals surface area contributed by atoms with Gasteiger partial charge in [-0.1, -0.05) is 0 Å². The van der Waals surface area contributed by atoms with Crippen molar-refractivity contribution < 1.29 is 4.74 Å². The Morgan fingerprint density at radius 2 is 1.90 bits per heavy atom. The first-order chi connectivity index (χ1) is 14.4. The van der Waals surface area contributed by atoms with E-state index in [2.05, 4.69) is 29.9 Å². The van der Waals surface area contributed by atoms with E-state index in [1.807, 2.05) is 27.7 Å². The van der Waals surface area contributed by atoms with Crippen molar-refractivity contribution in [3.63, 3.8) is 0 Å². The fourth-order valence-corrected chi connectivity index (χ4v) is 4.49. The number of H-pyrrole nitrogens is 1. The number of nitrogens with zero attached hydrogens (tertiary/aromatic N) is 7. The number of aryl methyl sites for hydroxylation is 1. The van der Waals surface area contributed by atoms with Crippen LogP contribution in [0.5, 0.6) is 0 Å². The molecule has 3 aromatic rings. The van der Waals surface area contributed by atoms with E-state index >= 15 is 0 Å². The molecule has 0 aromatic carbocycles. The van der Waals surface area contributed by atoms with E-state index in [9.17, 15) is 4.79 Å². The van der Waals surface area contributed by atoms with Crippen LogP contribution < -0.4 is 15.4 Å². The maximum absolute atomic E-state index is 12.8. The SMILES string of the molecule is Cc1nc2ncnn2c(N2CCc3c(nc(N4C[C@@H](C)O[C@@H](C)C4)[nH]c3=O)C2)c1C. The molecule has 10 heteroatoms. The number of aromatic nitrogens is 6. The molecular weight excluding hydrogens is 384 g/mol. The highest BCUT2D eigenvalue weighted by atomic mass is 16.5. The third kappa shape index (κ3) is 3.11. The standard InChI is InChI=1S/C20H26N8O2/c1-11-7-27(8-12(2)30-11)20-24-16-9-26(6-5-15(16)17(29)25-20)18-13(3)14(4)23-19-21-10-22-28(18)19/h10-12H,5-9H2,1-4H3,(H,24,25,29)/t11-,12+. The van der Waals surface area contributed by atoms with E-state index in [1.165, 1.54) is 6.33 Å². The molecule has 10 nitrogen and oxygen atoms in total. The molecule has 30 heavy (non-hydrogen) atoms. The molecule has 0 bridgehead atoms. The van der Waals surface area contributed by atoms with E-state index in [1.54, 1.807) is 4.52 Å². The zero-order chi connectivity index (χ0) is 21.0. The summed E-state index contributed by atoms with van der Waals surface area (Å²) < 4.78 is 7.59. The molecule has 5 heterocycles. The Kier molecular flexibility index (Phi) is 4.46. The Morgan fingerprint density at radius 3 is 2.67 bits per heavy atom. The summed E-state index contributed by atoms with van der Waals surface area (Å²) >= 11 is 0. The molecule has 1 fully saturated rings. The van der Waals surface area contributed by atoms with Crippen LogP contribution in [0.25, 0.3) is 5.78 Å². The number of ether oxygens (including phenoxy) is 1. The molecule has 0 aliphatic carbocycles. The predicted octanol–water partition coefficient (Wildman–Crippen LogP) is 1.00. The number of morpholine rings is 1. The summed E-state index contributed by atoms with van der Waals surface area (Å²) in [6.07, 6.45) is 2.33. The van der Waals surface area contributed by atoms with Gasteiger partial charge in [0, 0.05) is 36.5 Å². The van der Waals surface area contributed by atoms with Gasteiger partial charge in [0.2, 0.25) is 5.95 Å². The van der Waals surface area contributed by atoms with E-state index < -0.39 is 0 Å². The molecule has 5 rings (SSSR count). The summed E-state index contributed by atoms with van der Waals surface area (Å²) in [5, 5.41) is 4.37. The molecular formula is C20H26N8O2. The van der Waals surface area contributed by atoms with Crippen molar-refractivity contribution in [2.75, 3.05) is 29.4 Å². The lowest BCUT2D eigenvalue weighted by molar-refractivity contribution is -0.00575. The minimum Gasteiger partial charge on any atom is -0.372 e. The molecule has 2 atom stereocenters. The van der Waals surface area contributed by atoms with Gasteiger partial charge < -0.3 is 14.5 Å². The quantitative estimate of drug-likeness (QED) is 0.667. The molecule has 0 unspecified atom stereocenters. The van der Waals surface area contributed by atoms with Crippen LogP contribution in [0.15, 0.2) is 11.1 Å². The topological polar surface area (TPSA) is 105 Å². The molecule has 2 aliphatic rings. The number of nitrogens with one attached hydrogen (secondary N) is 1. The maximum atomic E-state index is 12.8. The largest absolute Gasteiger partial charge is 0.372 e. The van der Waals surface area contributed by atoms with Crippen LogP contribution in [-0.4, -0.2) is 61.4 Å². The van der Waals surface area contributed by atoms with Crippen molar-refractivity contribution in [3.05, 3.63) is 39.2 Å². The van der Waals surface area contributed by atoms with E-state index in [-0.39, 0.29) is 17.8 Å². The number of rotatable bonds is 2. The normalized spacial score (nSPS) is 21.9. The summed E-state index contributed by atoms with van der Waals surface area (Å²) in [5.74, 6) is 2.16. The highest BCUT2D eigenvalue weighted by Crippen LogP contribution is 2.27. The predicted molar refractivity (Wildman–Crippen MR) is 112 cm³/mol. The zero-order valence-electron chi connectivity index (χ0n) is 17.7. The van der Waals surface area contributed by atoms with E-state index in [4.69, 9.17) is 9.72 Å². The van der Waals surface area contributed by atoms with Gasteiger partial charge in [0.05, 0.1) is 24.4 Å². The summed E-state index contributed by atoms with van der Waals surface area (Å²) in [6, 6.07) is 0. The van der Waals surface area contributed by atoms with Crippen LogP contribution in [0, 0.1) is 13.8 Å². The fraction of sp³-hybridized carbons (Fsp3) is 0.550. The van der Waals surface area contributed by atoms with Crippen LogP contribution in [-0.2, 0) is 17.7 Å². The highest BCUT2D eigenvalue weighted by Gasteiger charge is 2.28. The first-order valence-electron chi connectivity index (χ1n) is 10.3. The molecule has 1 saturated heterocycles. The molecule has 3 aromatic heterocycles. The van der Waals surface area contributed by atoms with Crippen LogP contribution >= 0.6 is 0 Å². The monoisotopic (exact) mass is 410 g/mol. The maximum Gasteiger partial charge on any atom is 0.255 e. The Labute approximate surface area is 173 Å². The average molecular weight is 410 g/mol. The van der Waals surface area contributed by atoms with Crippen molar-refractivity contribution in [2.45, 2.75) is 52.9 Å². The number of hydrogen-bond acceptors (Lipinski definition) is 8. The highest BCUT2D eigenvalue weighted by molar-refractivity contribution is 5.55. The molecule has 1 N–H and O–H groups in total. The van der Waals surface area contributed by atoms with Gasteiger partial charge in [0.25, 0.3) is 11.3 Å². The van der Waals surface area contributed by atoms with Gasteiger partial charge in [0.1, 0.15) is 12.1 Å². The summed E-state index contributed by atoms with van der Waals surface area (Å²) in [4.78, 5) is 33.8. The molecule has 0 spiro atoms. The number of aromatic amines is 1. The first-order valence-corrected chi connectivity index (χ1v) is 10.3. The molecule has 0 amide bonds. The summed E-state index contributed by atoms with van der Waals surface area (Å²) in [6.45, 7) is 10.8. The first kappa shape index (κ1) is 19.0. The molecule has 2 aliphatic heterocycles. The van der Waals surface area contributed by atoms with Gasteiger partial charge in [-0.25, -0.2) is 9.97 Å². The zero-order valence-corrected chi connectivity index (χ0v) is 17.7. The van der Waals surface area contributed by atoms with E-state index in [0.29, 0.717) is 44.3 Å². The average Bonchev–Trinajstić information content (AvgIpc) is 3.15. The smallest absolute Gasteiger partial charge is 0.255 e. The lowest BCUT2D eigenvalue weighted by Crippen LogP contribution is -2.47. The van der Waals surface area contributed by atoms with Gasteiger partial charge in [0.15, 0.2) is 0 Å². The Hall–Kier alpha value is -3.01. The molecule has 0 saturated carbocycles. The second-order valence-electron chi connectivity index (χ2n) is 8.27. The van der Waals surface area contributed by atoms with Crippen molar-refractivity contribution in [1.29, 1.82) is 0 Å². The Balaban J connectivity index is 1.53. The van der Waals surface area contributed by atoms with E-state index in [0.717, 1.165) is 28.3 Å². The second kappa shape index (κ2) is 7.05. The minimum atomic E-state index is -0.0463. The van der Waals surface area contributed by atoms with Crippen LogP contribution in [0.2, 0.25) is 0 Å². The summed E-state index contributed by atoms with van der Waals surface area (Å²) in [5.41, 5.74) is 3.51. The van der Waals surface area contributed by atoms with Gasteiger partial charge in [-0.2, -0.15) is 14.6 Å². The number of hydrogen-bond donors (Lipinski definition) is 1. The van der Waals surface area contributed by atoms with Gasteiger partial charge in [-0.05, 0) is 34.1 Å². The third-order valence-corrected chi connectivity index (χ3v) is 5.96. The Bertz CT molecular complexity index is 1160. The number of anilines is 2. The van der Waals surface area contributed by atoms with Crippen LogP contribution in [0.1, 0.15) is 36.4 Å². The van der Waals surface area contributed by atoms with Crippen molar-refractivity contribution in [2.24, 2.45) is 0 Å². The minimum absolute atomic E-state index is 0.0463. The van der Waals surface area contributed by atoms with Gasteiger partial charge in [-0.15, -0.1) is 0 Å². The molecule has 158 valence electrons. The van der Waals surface area contributed by atoms with Crippen molar-refractivity contribution >= 4 is 17.5 Å². The fourth-order valence-electron chi connectivity index (χ4n) is 4.49. The van der Waals surface area contributed by atoms with Gasteiger partial charge >= 0.3 is 0 Å². The van der Waals surface area contributed by atoms with Crippen LogP contribution in [0.3, 0.4) is 0 Å². The summed E-state index contributed by atoms with van der Waals surface area (Å²) in [7, 11) is 0. The lowest BCUT2D eigenvalue weighted by Gasteiger charge is -2.36. The van der Waals surface area contributed by atoms with Crippen LogP contribution in [0.4, 0.5) is 11.8 Å². The second-order valence-corrected chi connectivity index (χ2v) is 8.27. The van der Waals surface area contributed by atoms with Crippen molar-refractivity contribution in [3.8, 4) is 0 Å².